The molecular formula is C20H21FN2O3S. The van der Waals surface area contributed by atoms with Gasteiger partial charge >= 0.3 is 0 Å². The molecule has 1 unspecified atom stereocenters. The van der Waals surface area contributed by atoms with E-state index in [1.54, 1.807) is 17.0 Å². The van der Waals surface area contributed by atoms with E-state index in [1.165, 1.54) is 22.7 Å². The van der Waals surface area contributed by atoms with Crippen LogP contribution >= 0.6 is 0 Å². The Morgan fingerprint density at radius 2 is 1.70 bits per heavy atom. The van der Waals surface area contributed by atoms with Crippen LogP contribution in [-0.2, 0) is 14.8 Å². The van der Waals surface area contributed by atoms with Gasteiger partial charge in [0, 0.05) is 18.8 Å². The fourth-order valence-corrected chi connectivity index (χ4v) is 5.20. The number of hydrogen-bond acceptors (Lipinski definition) is 3. The number of benzene rings is 2. The van der Waals surface area contributed by atoms with Gasteiger partial charge in [-0.3, -0.25) is 4.79 Å². The smallest absolute Gasteiger partial charge is 0.236 e. The second-order valence-electron chi connectivity index (χ2n) is 7.29. The Morgan fingerprint density at radius 1 is 1.04 bits per heavy atom. The van der Waals surface area contributed by atoms with Gasteiger partial charge in [0.25, 0.3) is 0 Å². The lowest BCUT2D eigenvalue weighted by molar-refractivity contribution is -0.143. The van der Waals surface area contributed by atoms with E-state index in [0.717, 1.165) is 5.56 Å². The summed E-state index contributed by atoms with van der Waals surface area (Å²) < 4.78 is 38.9. The van der Waals surface area contributed by atoms with Gasteiger partial charge < -0.3 is 4.90 Å². The Labute approximate surface area is 158 Å². The van der Waals surface area contributed by atoms with E-state index in [-0.39, 0.29) is 17.8 Å². The molecule has 5 nitrogen and oxygen atoms in total. The standard InChI is InChI=1S/C20H21FN2O3S/c1-27(25,26)22-12-10-20(11-13-22)18(15-6-3-2-4-7-15)23(19(20)24)17-9-5-8-16(21)14-17/h2-9,14,18H,10-13H2,1H3. The average molecular weight is 388 g/mol. The van der Waals surface area contributed by atoms with Gasteiger partial charge in [0.15, 0.2) is 0 Å². The Bertz CT molecular complexity index is 970. The minimum absolute atomic E-state index is 0.0601. The number of amides is 1. The predicted molar refractivity (Wildman–Crippen MR) is 101 cm³/mol. The number of anilines is 1. The summed E-state index contributed by atoms with van der Waals surface area (Å²) in [4.78, 5) is 14.9. The van der Waals surface area contributed by atoms with Crippen molar-refractivity contribution in [2.24, 2.45) is 5.41 Å². The molecule has 2 aromatic rings. The highest BCUT2D eigenvalue weighted by atomic mass is 32.2. The Kier molecular flexibility index (Phi) is 4.31. The number of carbonyl (C=O) groups excluding carboxylic acids is 1. The fourth-order valence-electron chi connectivity index (χ4n) is 4.35. The van der Waals surface area contributed by atoms with Crippen LogP contribution in [-0.4, -0.2) is 38.0 Å². The fraction of sp³-hybridized carbons (Fsp3) is 0.350. The van der Waals surface area contributed by atoms with E-state index in [0.29, 0.717) is 31.6 Å². The highest BCUT2D eigenvalue weighted by molar-refractivity contribution is 7.88. The topological polar surface area (TPSA) is 57.7 Å². The summed E-state index contributed by atoms with van der Waals surface area (Å²) in [5.41, 5.74) is 0.869. The van der Waals surface area contributed by atoms with Crippen molar-refractivity contribution in [3.8, 4) is 0 Å². The van der Waals surface area contributed by atoms with Crippen molar-refractivity contribution in [2.45, 2.75) is 18.9 Å². The van der Waals surface area contributed by atoms with Crippen molar-refractivity contribution in [2.75, 3.05) is 24.2 Å². The summed E-state index contributed by atoms with van der Waals surface area (Å²) >= 11 is 0. The van der Waals surface area contributed by atoms with Crippen molar-refractivity contribution < 1.29 is 17.6 Å². The van der Waals surface area contributed by atoms with Gasteiger partial charge in [0.2, 0.25) is 15.9 Å². The molecule has 2 aliphatic heterocycles. The first-order valence-corrected chi connectivity index (χ1v) is 10.8. The lowest BCUT2D eigenvalue weighted by Gasteiger charge is -2.58. The lowest BCUT2D eigenvalue weighted by atomic mass is 9.62. The van der Waals surface area contributed by atoms with Crippen molar-refractivity contribution >= 4 is 21.6 Å². The molecule has 0 N–H and O–H groups in total. The Morgan fingerprint density at radius 3 is 2.30 bits per heavy atom. The second kappa shape index (κ2) is 6.42. The first-order chi connectivity index (χ1) is 12.8. The molecule has 7 heteroatoms. The second-order valence-corrected chi connectivity index (χ2v) is 9.27. The number of hydrogen-bond donors (Lipinski definition) is 0. The normalized spacial score (nSPS) is 22.7. The molecule has 1 spiro atoms. The molecule has 142 valence electrons. The lowest BCUT2D eigenvalue weighted by Crippen LogP contribution is -2.66. The molecule has 1 amide bonds. The first kappa shape index (κ1) is 18.1. The molecule has 0 saturated carbocycles. The van der Waals surface area contributed by atoms with Crippen molar-refractivity contribution in [3.63, 3.8) is 0 Å². The third-order valence-electron chi connectivity index (χ3n) is 5.71. The zero-order chi connectivity index (χ0) is 19.2. The molecule has 2 aliphatic rings. The van der Waals surface area contributed by atoms with Gasteiger partial charge in [0.1, 0.15) is 5.82 Å². The number of rotatable bonds is 3. The summed E-state index contributed by atoms with van der Waals surface area (Å²) in [7, 11) is -3.27. The monoisotopic (exact) mass is 388 g/mol. The highest BCUT2D eigenvalue weighted by Crippen LogP contribution is 2.57. The number of sulfonamides is 1. The SMILES string of the molecule is CS(=O)(=O)N1CCC2(CC1)C(=O)N(c1cccc(F)c1)C2c1ccccc1. The van der Waals surface area contributed by atoms with Gasteiger partial charge in [0.05, 0.1) is 17.7 Å². The van der Waals surface area contributed by atoms with Gasteiger partial charge in [-0.05, 0) is 36.6 Å². The summed E-state index contributed by atoms with van der Waals surface area (Å²) in [5, 5.41) is 0. The number of halogens is 1. The summed E-state index contributed by atoms with van der Waals surface area (Å²) in [6.45, 7) is 0.649. The maximum Gasteiger partial charge on any atom is 0.236 e. The van der Waals surface area contributed by atoms with Gasteiger partial charge in [-0.2, -0.15) is 0 Å². The Balaban J connectivity index is 1.71. The van der Waals surface area contributed by atoms with Crippen molar-refractivity contribution in [1.29, 1.82) is 0 Å². The van der Waals surface area contributed by atoms with Crippen LogP contribution in [0.2, 0.25) is 0 Å². The van der Waals surface area contributed by atoms with Crippen LogP contribution in [0.4, 0.5) is 10.1 Å². The summed E-state index contributed by atoms with van der Waals surface area (Å²) in [6.07, 6.45) is 2.12. The van der Waals surface area contributed by atoms with Gasteiger partial charge in [-0.1, -0.05) is 36.4 Å². The minimum atomic E-state index is -3.27. The van der Waals surface area contributed by atoms with Crippen LogP contribution in [0.15, 0.2) is 54.6 Å². The van der Waals surface area contributed by atoms with E-state index < -0.39 is 15.4 Å². The van der Waals surface area contributed by atoms with Crippen LogP contribution in [0.5, 0.6) is 0 Å². The molecule has 0 radical (unpaired) electrons. The highest BCUT2D eigenvalue weighted by Gasteiger charge is 2.62. The van der Waals surface area contributed by atoms with Crippen LogP contribution in [0.25, 0.3) is 0 Å². The third kappa shape index (κ3) is 2.95. The van der Waals surface area contributed by atoms with Crippen LogP contribution in [0.3, 0.4) is 0 Å². The number of piperidine rings is 1. The minimum Gasteiger partial charge on any atom is -0.303 e. The molecule has 0 aliphatic carbocycles. The molecular weight excluding hydrogens is 367 g/mol. The Hall–Kier alpha value is -2.25. The maximum atomic E-state index is 13.7. The largest absolute Gasteiger partial charge is 0.303 e. The third-order valence-corrected chi connectivity index (χ3v) is 7.01. The van der Waals surface area contributed by atoms with Crippen LogP contribution in [0, 0.1) is 11.2 Å². The molecule has 0 bridgehead atoms. The average Bonchev–Trinajstić information content (AvgIpc) is 2.65. The van der Waals surface area contributed by atoms with E-state index in [9.17, 15) is 17.6 Å². The van der Waals surface area contributed by atoms with E-state index in [1.807, 2.05) is 30.3 Å². The predicted octanol–water partition coefficient (Wildman–Crippen LogP) is 2.96. The summed E-state index contributed by atoms with van der Waals surface area (Å²) in [5.74, 6) is -0.449. The zero-order valence-electron chi connectivity index (χ0n) is 15.0. The van der Waals surface area contributed by atoms with Crippen LogP contribution in [0.1, 0.15) is 24.4 Å². The number of β-lactam (4-membered cyclic amide) rings is 1. The molecule has 27 heavy (non-hydrogen) atoms. The molecule has 2 heterocycles. The quantitative estimate of drug-likeness (QED) is 0.760. The molecule has 2 saturated heterocycles. The van der Waals surface area contributed by atoms with Crippen molar-refractivity contribution in [1.82, 2.24) is 4.31 Å². The number of nitrogens with zero attached hydrogens (tertiary/aromatic N) is 2. The molecule has 1 atom stereocenters. The molecule has 2 fully saturated rings. The molecule has 4 rings (SSSR count). The van der Waals surface area contributed by atoms with Crippen molar-refractivity contribution in [3.05, 3.63) is 66.0 Å². The van der Waals surface area contributed by atoms with E-state index >= 15 is 0 Å². The van der Waals surface area contributed by atoms with E-state index in [2.05, 4.69) is 0 Å². The van der Waals surface area contributed by atoms with E-state index in [4.69, 9.17) is 0 Å². The molecule has 2 aromatic carbocycles. The van der Waals surface area contributed by atoms with Gasteiger partial charge in [-0.25, -0.2) is 17.1 Å². The van der Waals surface area contributed by atoms with Crippen LogP contribution < -0.4 is 4.90 Å². The maximum absolute atomic E-state index is 13.7. The first-order valence-electron chi connectivity index (χ1n) is 8.92. The molecule has 0 aromatic heterocycles. The van der Waals surface area contributed by atoms with Gasteiger partial charge in [-0.15, -0.1) is 0 Å². The summed E-state index contributed by atoms with van der Waals surface area (Å²) in [6, 6.07) is 15.5. The zero-order valence-corrected chi connectivity index (χ0v) is 15.8. The number of carbonyl (C=O) groups is 1.